The van der Waals surface area contributed by atoms with Gasteiger partial charge in [0.25, 0.3) is 5.91 Å². The van der Waals surface area contributed by atoms with Crippen LogP contribution in [0.25, 0.3) is 10.9 Å². The van der Waals surface area contributed by atoms with Gasteiger partial charge in [0, 0.05) is 36.4 Å². The summed E-state index contributed by atoms with van der Waals surface area (Å²) in [6.45, 7) is 3.76. The van der Waals surface area contributed by atoms with Gasteiger partial charge in [-0.05, 0) is 36.8 Å². The first-order chi connectivity index (χ1) is 11.6. The molecule has 4 rings (SSSR count). The summed E-state index contributed by atoms with van der Waals surface area (Å²) in [5.74, 6) is 0.0263. The molecule has 1 atom stereocenters. The quantitative estimate of drug-likeness (QED) is 0.788. The summed E-state index contributed by atoms with van der Waals surface area (Å²) in [5, 5.41) is 1.06. The molecule has 1 unspecified atom stereocenters. The maximum Gasteiger partial charge on any atom is 0.271 e. The van der Waals surface area contributed by atoms with Crippen LogP contribution in [0.2, 0.25) is 0 Å². The number of carbonyl (C=O) groups excluding carboxylic acids is 1. The van der Waals surface area contributed by atoms with Crippen LogP contribution in [0.15, 0.2) is 42.6 Å². The summed E-state index contributed by atoms with van der Waals surface area (Å²) in [5.41, 5.74) is 3.91. The van der Waals surface area contributed by atoms with Gasteiger partial charge in [-0.1, -0.05) is 12.1 Å². The first-order valence-electron chi connectivity index (χ1n) is 8.23. The number of nitrogens with zero attached hydrogens (tertiary/aromatic N) is 2. The summed E-state index contributed by atoms with van der Waals surface area (Å²) >= 11 is 0. The number of aromatic nitrogens is 2. The van der Waals surface area contributed by atoms with E-state index in [4.69, 9.17) is 4.74 Å². The van der Waals surface area contributed by atoms with Crippen molar-refractivity contribution in [3.63, 3.8) is 0 Å². The Bertz CT molecular complexity index is 893. The summed E-state index contributed by atoms with van der Waals surface area (Å²) in [6.07, 6.45) is 2.00. The highest BCUT2D eigenvalue weighted by Crippen LogP contribution is 2.27. The molecule has 0 aliphatic carbocycles. The van der Waals surface area contributed by atoms with Crippen molar-refractivity contribution in [2.45, 2.75) is 13.0 Å². The second-order valence-corrected chi connectivity index (χ2v) is 6.41. The number of H-pyrrole nitrogens is 1. The highest BCUT2D eigenvalue weighted by molar-refractivity contribution is 5.98. The van der Waals surface area contributed by atoms with Crippen molar-refractivity contribution >= 4 is 16.8 Å². The van der Waals surface area contributed by atoms with Crippen molar-refractivity contribution in [2.24, 2.45) is 7.05 Å². The standard InChI is InChI=1S/C19H21N3O2/c1-13-5-6-14-11-16(20-15(14)10-13)19(23)22-8-9-24-12-18(22)17-4-3-7-21(17)2/h3-7,10-11,18,20H,8-9,12H2,1-2H3. The molecule has 1 aliphatic heterocycles. The smallest absolute Gasteiger partial charge is 0.271 e. The van der Waals surface area contributed by atoms with Gasteiger partial charge in [-0.25, -0.2) is 0 Å². The third kappa shape index (κ3) is 2.51. The van der Waals surface area contributed by atoms with Crippen molar-refractivity contribution in [3.05, 3.63) is 59.5 Å². The van der Waals surface area contributed by atoms with Gasteiger partial charge in [0.15, 0.2) is 0 Å². The minimum absolute atomic E-state index is 0.0263. The molecule has 2 aromatic heterocycles. The fraction of sp³-hybridized carbons (Fsp3) is 0.316. The molecule has 0 radical (unpaired) electrons. The van der Waals surface area contributed by atoms with Gasteiger partial charge >= 0.3 is 0 Å². The summed E-state index contributed by atoms with van der Waals surface area (Å²) in [4.78, 5) is 18.3. The zero-order valence-electron chi connectivity index (χ0n) is 14.0. The number of morpholine rings is 1. The molecule has 5 heteroatoms. The molecule has 0 bridgehead atoms. The first-order valence-corrected chi connectivity index (χ1v) is 8.23. The number of amides is 1. The number of benzene rings is 1. The lowest BCUT2D eigenvalue weighted by Gasteiger charge is -2.35. The van der Waals surface area contributed by atoms with Crippen LogP contribution in [0, 0.1) is 6.92 Å². The second-order valence-electron chi connectivity index (χ2n) is 6.41. The fourth-order valence-electron chi connectivity index (χ4n) is 3.42. The van der Waals surface area contributed by atoms with Crippen molar-refractivity contribution < 1.29 is 9.53 Å². The van der Waals surface area contributed by atoms with Crippen LogP contribution in [0.3, 0.4) is 0 Å². The van der Waals surface area contributed by atoms with Gasteiger partial charge in [0.1, 0.15) is 5.69 Å². The molecular weight excluding hydrogens is 302 g/mol. The Kier molecular flexibility index (Phi) is 3.65. The van der Waals surface area contributed by atoms with Crippen molar-refractivity contribution in [3.8, 4) is 0 Å². The normalized spacial score (nSPS) is 18.2. The molecule has 0 spiro atoms. The Morgan fingerprint density at radius 1 is 1.29 bits per heavy atom. The van der Waals surface area contributed by atoms with Gasteiger partial charge in [0.05, 0.1) is 19.3 Å². The van der Waals surface area contributed by atoms with E-state index in [0.717, 1.165) is 16.6 Å². The molecule has 3 aromatic rings. The third-order valence-corrected chi connectivity index (χ3v) is 4.72. The van der Waals surface area contributed by atoms with Crippen LogP contribution < -0.4 is 0 Å². The van der Waals surface area contributed by atoms with Crippen molar-refractivity contribution in [1.29, 1.82) is 0 Å². The number of aromatic amines is 1. The topological polar surface area (TPSA) is 50.3 Å². The number of hydrogen-bond donors (Lipinski definition) is 1. The van der Waals surface area contributed by atoms with Crippen LogP contribution >= 0.6 is 0 Å². The number of carbonyl (C=O) groups is 1. The van der Waals surface area contributed by atoms with E-state index in [1.54, 1.807) is 0 Å². The van der Waals surface area contributed by atoms with Crippen LogP contribution in [-0.2, 0) is 11.8 Å². The maximum absolute atomic E-state index is 13.1. The van der Waals surface area contributed by atoms with Gasteiger partial charge in [-0.3, -0.25) is 4.79 Å². The lowest BCUT2D eigenvalue weighted by Crippen LogP contribution is -2.44. The summed E-state index contributed by atoms with van der Waals surface area (Å²) < 4.78 is 7.68. The summed E-state index contributed by atoms with van der Waals surface area (Å²) in [6, 6.07) is 12.1. The van der Waals surface area contributed by atoms with Gasteiger partial charge < -0.3 is 19.2 Å². The highest BCUT2D eigenvalue weighted by atomic mass is 16.5. The number of ether oxygens (including phenoxy) is 1. The molecule has 1 saturated heterocycles. The van der Waals surface area contributed by atoms with Gasteiger partial charge in [0.2, 0.25) is 0 Å². The monoisotopic (exact) mass is 323 g/mol. The van der Waals surface area contributed by atoms with Crippen LogP contribution in [0.4, 0.5) is 0 Å². The lowest BCUT2D eigenvalue weighted by atomic mass is 10.1. The molecule has 1 N–H and O–H groups in total. The van der Waals surface area contributed by atoms with Crippen molar-refractivity contribution in [2.75, 3.05) is 19.8 Å². The average molecular weight is 323 g/mol. The largest absolute Gasteiger partial charge is 0.377 e. The predicted molar refractivity (Wildman–Crippen MR) is 93.0 cm³/mol. The Balaban J connectivity index is 1.69. The molecular formula is C19H21N3O2. The lowest BCUT2D eigenvalue weighted by molar-refractivity contribution is -0.00488. The zero-order chi connectivity index (χ0) is 16.7. The maximum atomic E-state index is 13.1. The van der Waals surface area contributed by atoms with E-state index in [1.165, 1.54) is 5.56 Å². The van der Waals surface area contributed by atoms with Crippen LogP contribution in [0.5, 0.6) is 0 Å². The number of aryl methyl sites for hydroxylation is 2. The minimum atomic E-state index is -0.0561. The molecule has 24 heavy (non-hydrogen) atoms. The Morgan fingerprint density at radius 3 is 2.96 bits per heavy atom. The molecule has 1 aliphatic rings. The molecule has 3 heterocycles. The second kappa shape index (κ2) is 5.83. The van der Waals surface area contributed by atoms with E-state index in [2.05, 4.69) is 24.0 Å². The number of nitrogens with one attached hydrogen (secondary N) is 1. The minimum Gasteiger partial charge on any atom is -0.377 e. The average Bonchev–Trinajstić information content (AvgIpc) is 3.19. The van der Waals surface area contributed by atoms with E-state index in [9.17, 15) is 4.79 Å². The van der Waals surface area contributed by atoms with E-state index in [-0.39, 0.29) is 11.9 Å². The number of rotatable bonds is 2. The van der Waals surface area contributed by atoms with E-state index in [0.29, 0.717) is 25.5 Å². The van der Waals surface area contributed by atoms with Crippen molar-refractivity contribution in [1.82, 2.24) is 14.5 Å². The Morgan fingerprint density at radius 2 is 2.17 bits per heavy atom. The number of fused-ring (bicyclic) bond motifs is 1. The van der Waals surface area contributed by atoms with Crippen LogP contribution in [0.1, 0.15) is 27.8 Å². The zero-order valence-corrected chi connectivity index (χ0v) is 14.0. The molecule has 5 nitrogen and oxygen atoms in total. The molecule has 1 aromatic carbocycles. The van der Waals surface area contributed by atoms with E-state index < -0.39 is 0 Å². The number of hydrogen-bond acceptors (Lipinski definition) is 2. The van der Waals surface area contributed by atoms with Crippen LogP contribution in [-0.4, -0.2) is 40.1 Å². The Hall–Kier alpha value is -2.53. The molecule has 1 amide bonds. The van der Waals surface area contributed by atoms with Gasteiger partial charge in [-0.2, -0.15) is 0 Å². The highest BCUT2D eigenvalue weighted by Gasteiger charge is 2.31. The fourth-order valence-corrected chi connectivity index (χ4v) is 3.42. The first kappa shape index (κ1) is 15.0. The van der Waals surface area contributed by atoms with E-state index in [1.807, 2.05) is 47.0 Å². The molecule has 124 valence electrons. The molecule has 0 saturated carbocycles. The van der Waals surface area contributed by atoms with E-state index >= 15 is 0 Å². The third-order valence-electron chi connectivity index (χ3n) is 4.72. The Labute approximate surface area is 140 Å². The van der Waals surface area contributed by atoms with Gasteiger partial charge in [-0.15, -0.1) is 0 Å². The summed E-state index contributed by atoms with van der Waals surface area (Å²) in [7, 11) is 2.00. The SMILES string of the molecule is Cc1ccc2cc(C(=O)N3CCOCC3c3cccn3C)[nH]c2c1. The molecule has 1 fully saturated rings. The predicted octanol–water partition coefficient (Wildman–Crippen LogP) is 3.03.